The molecule has 0 radical (unpaired) electrons. The maximum absolute atomic E-state index is 12.6. The predicted molar refractivity (Wildman–Crippen MR) is 101 cm³/mol. The van der Waals surface area contributed by atoms with Gasteiger partial charge >= 0.3 is 5.69 Å². The third kappa shape index (κ3) is 2.72. The number of rotatable bonds is 3. The summed E-state index contributed by atoms with van der Waals surface area (Å²) >= 11 is 0. The molecule has 0 spiro atoms. The molecule has 8 heteroatoms. The first kappa shape index (κ1) is 16.6. The third-order valence-corrected chi connectivity index (χ3v) is 4.98. The molecule has 1 aliphatic rings. The van der Waals surface area contributed by atoms with Crippen LogP contribution in [-0.2, 0) is 13.6 Å². The lowest BCUT2D eigenvalue weighted by atomic mass is 10.1. The van der Waals surface area contributed by atoms with Gasteiger partial charge in [-0.2, -0.15) is 4.98 Å². The van der Waals surface area contributed by atoms with E-state index in [1.165, 1.54) is 4.57 Å². The summed E-state index contributed by atoms with van der Waals surface area (Å²) in [6, 6.07) is 8.10. The Morgan fingerprint density at radius 3 is 2.62 bits per heavy atom. The molecule has 0 amide bonds. The second-order valence-electron chi connectivity index (χ2n) is 6.65. The van der Waals surface area contributed by atoms with Gasteiger partial charge in [0.15, 0.2) is 11.2 Å². The molecule has 1 fully saturated rings. The molecule has 4 rings (SSSR count). The molecule has 0 unspecified atom stereocenters. The van der Waals surface area contributed by atoms with E-state index in [2.05, 4.69) is 39.2 Å². The average Bonchev–Trinajstić information content (AvgIpc) is 3.02. The molecule has 2 N–H and O–H groups in total. The molecule has 136 valence electrons. The van der Waals surface area contributed by atoms with Crippen molar-refractivity contribution >= 4 is 17.1 Å². The predicted octanol–water partition coefficient (Wildman–Crippen LogP) is 0.190. The minimum atomic E-state index is -0.449. The zero-order valence-electron chi connectivity index (χ0n) is 15.0. The number of aromatic nitrogens is 4. The van der Waals surface area contributed by atoms with E-state index in [9.17, 15) is 9.59 Å². The number of anilines is 1. The molecule has 8 nitrogen and oxygen atoms in total. The van der Waals surface area contributed by atoms with Gasteiger partial charge in [-0.25, -0.2) is 4.79 Å². The zero-order chi connectivity index (χ0) is 18.3. The van der Waals surface area contributed by atoms with E-state index in [1.807, 2.05) is 16.7 Å². The normalized spacial score (nSPS) is 14.9. The molecule has 2 aromatic heterocycles. The standard InChI is InChI=1S/C18H22N6O2/c1-12-5-3-4-6-13(12)11-24-14-15(22(2)18(26)21-16(14)25)20-17(24)23-9-7-19-8-10-23/h3-6,19H,7-11H2,1-2H3,(H,21,25,26). The van der Waals surface area contributed by atoms with Crippen LogP contribution in [0.25, 0.3) is 11.2 Å². The van der Waals surface area contributed by atoms with Crippen LogP contribution in [0.4, 0.5) is 5.95 Å². The van der Waals surface area contributed by atoms with Crippen molar-refractivity contribution in [2.24, 2.45) is 7.05 Å². The molecular formula is C18H22N6O2. The smallest absolute Gasteiger partial charge is 0.329 e. The van der Waals surface area contributed by atoms with Gasteiger partial charge in [0.05, 0.1) is 6.54 Å². The Kier molecular flexibility index (Phi) is 4.12. The zero-order valence-corrected chi connectivity index (χ0v) is 15.0. The summed E-state index contributed by atoms with van der Waals surface area (Å²) in [7, 11) is 1.63. The summed E-state index contributed by atoms with van der Waals surface area (Å²) in [6.07, 6.45) is 0. The van der Waals surface area contributed by atoms with Crippen LogP contribution in [0.2, 0.25) is 0 Å². The number of benzene rings is 1. The van der Waals surface area contributed by atoms with Crippen molar-refractivity contribution < 1.29 is 0 Å². The molecule has 0 aliphatic carbocycles. The van der Waals surface area contributed by atoms with E-state index in [4.69, 9.17) is 0 Å². The van der Waals surface area contributed by atoms with Gasteiger partial charge in [-0.3, -0.25) is 18.9 Å². The lowest BCUT2D eigenvalue weighted by Gasteiger charge is -2.28. The number of fused-ring (bicyclic) bond motifs is 1. The number of H-pyrrole nitrogens is 1. The molecule has 1 aliphatic heterocycles. The highest BCUT2D eigenvalue weighted by Crippen LogP contribution is 2.22. The van der Waals surface area contributed by atoms with Crippen molar-refractivity contribution in [3.05, 3.63) is 56.2 Å². The van der Waals surface area contributed by atoms with Gasteiger partial charge in [-0.05, 0) is 18.1 Å². The summed E-state index contributed by atoms with van der Waals surface area (Å²) in [5.74, 6) is 0.733. The Bertz CT molecular complexity index is 1070. The number of hydrogen-bond donors (Lipinski definition) is 2. The van der Waals surface area contributed by atoms with Crippen molar-refractivity contribution in [3.63, 3.8) is 0 Å². The summed E-state index contributed by atoms with van der Waals surface area (Å²) in [5, 5.41) is 3.33. The number of aromatic amines is 1. The van der Waals surface area contributed by atoms with E-state index in [1.54, 1.807) is 7.05 Å². The highest BCUT2D eigenvalue weighted by Gasteiger charge is 2.23. The van der Waals surface area contributed by atoms with Gasteiger partial charge in [-0.15, -0.1) is 0 Å². The number of nitrogens with one attached hydrogen (secondary N) is 2. The molecular weight excluding hydrogens is 332 g/mol. The Hall–Kier alpha value is -2.87. The third-order valence-electron chi connectivity index (χ3n) is 4.98. The minimum Gasteiger partial charge on any atom is -0.340 e. The molecule has 0 bridgehead atoms. The first-order chi connectivity index (χ1) is 12.6. The lowest BCUT2D eigenvalue weighted by Crippen LogP contribution is -2.44. The van der Waals surface area contributed by atoms with Gasteiger partial charge in [0, 0.05) is 33.2 Å². The van der Waals surface area contributed by atoms with Crippen molar-refractivity contribution in [2.45, 2.75) is 13.5 Å². The van der Waals surface area contributed by atoms with Crippen molar-refractivity contribution in [1.29, 1.82) is 0 Å². The van der Waals surface area contributed by atoms with Crippen LogP contribution < -0.4 is 21.5 Å². The molecule has 1 aromatic carbocycles. The van der Waals surface area contributed by atoms with Crippen LogP contribution in [0.3, 0.4) is 0 Å². The Balaban J connectivity index is 1.95. The van der Waals surface area contributed by atoms with Gasteiger partial charge in [0.25, 0.3) is 5.56 Å². The molecule has 3 aromatic rings. The first-order valence-corrected chi connectivity index (χ1v) is 8.76. The molecule has 0 atom stereocenters. The van der Waals surface area contributed by atoms with E-state index in [0.29, 0.717) is 17.7 Å². The lowest BCUT2D eigenvalue weighted by molar-refractivity contribution is 0.571. The largest absolute Gasteiger partial charge is 0.340 e. The average molecular weight is 354 g/mol. The van der Waals surface area contributed by atoms with Crippen LogP contribution >= 0.6 is 0 Å². The Morgan fingerprint density at radius 2 is 1.88 bits per heavy atom. The maximum atomic E-state index is 12.6. The van der Waals surface area contributed by atoms with Crippen molar-refractivity contribution in [1.82, 2.24) is 24.4 Å². The summed E-state index contributed by atoms with van der Waals surface area (Å²) in [6.45, 7) is 5.93. The monoisotopic (exact) mass is 354 g/mol. The quantitative estimate of drug-likeness (QED) is 0.701. The van der Waals surface area contributed by atoms with E-state index >= 15 is 0 Å². The van der Waals surface area contributed by atoms with Crippen LogP contribution in [-0.4, -0.2) is 45.3 Å². The van der Waals surface area contributed by atoms with Gasteiger partial charge < -0.3 is 10.2 Å². The highest BCUT2D eigenvalue weighted by atomic mass is 16.2. The van der Waals surface area contributed by atoms with Crippen LogP contribution in [0.1, 0.15) is 11.1 Å². The topological polar surface area (TPSA) is 88.0 Å². The van der Waals surface area contributed by atoms with Crippen molar-refractivity contribution in [3.8, 4) is 0 Å². The number of nitrogens with zero attached hydrogens (tertiary/aromatic N) is 4. The summed E-state index contributed by atoms with van der Waals surface area (Å²) in [5.41, 5.74) is 2.28. The van der Waals surface area contributed by atoms with Gasteiger partial charge in [-0.1, -0.05) is 24.3 Å². The maximum Gasteiger partial charge on any atom is 0.329 e. The first-order valence-electron chi connectivity index (χ1n) is 8.76. The summed E-state index contributed by atoms with van der Waals surface area (Å²) < 4.78 is 3.33. The number of hydrogen-bond acceptors (Lipinski definition) is 5. The molecule has 26 heavy (non-hydrogen) atoms. The molecule has 0 saturated carbocycles. The fraction of sp³-hybridized carbons (Fsp3) is 0.389. The highest BCUT2D eigenvalue weighted by molar-refractivity contribution is 5.74. The fourth-order valence-corrected chi connectivity index (χ4v) is 3.44. The van der Waals surface area contributed by atoms with Crippen molar-refractivity contribution in [2.75, 3.05) is 31.1 Å². The fourth-order valence-electron chi connectivity index (χ4n) is 3.44. The molecule has 3 heterocycles. The van der Waals surface area contributed by atoms with Gasteiger partial charge in [0.1, 0.15) is 0 Å². The Labute approximate surface area is 150 Å². The van der Waals surface area contributed by atoms with Crippen LogP contribution in [0, 0.1) is 6.92 Å². The van der Waals surface area contributed by atoms with E-state index < -0.39 is 11.2 Å². The van der Waals surface area contributed by atoms with E-state index in [-0.39, 0.29) is 0 Å². The summed E-state index contributed by atoms with van der Waals surface area (Å²) in [4.78, 5) is 33.8. The minimum absolute atomic E-state index is 0.398. The SMILES string of the molecule is Cc1ccccc1Cn1c(N2CCNCC2)nc2c1c(=O)[nH]c(=O)n2C. The Morgan fingerprint density at radius 1 is 1.15 bits per heavy atom. The van der Waals surface area contributed by atoms with Crippen LogP contribution in [0.15, 0.2) is 33.9 Å². The van der Waals surface area contributed by atoms with E-state index in [0.717, 1.165) is 43.3 Å². The molecule has 1 saturated heterocycles. The van der Waals surface area contributed by atoms with Crippen LogP contribution in [0.5, 0.6) is 0 Å². The second kappa shape index (κ2) is 6.45. The number of piperazine rings is 1. The number of imidazole rings is 1. The number of aryl methyl sites for hydroxylation is 2. The van der Waals surface area contributed by atoms with Gasteiger partial charge in [0.2, 0.25) is 5.95 Å². The second-order valence-corrected chi connectivity index (χ2v) is 6.65.